The Morgan fingerprint density at radius 2 is 2.00 bits per heavy atom. The standard InChI is InChI=1S/C4H6N2.BH3O3/c1-4-5-2-3-6-4;2-1(3)4/h2-3H,1H3,(H,5,6);2-4H. The van der Waals surface area contributed by atoms with E-state index in [9.17, 15) is 0 Å². The van der Waals surface area contributed by atoms with E-state index >= 15 is 0 Å². The summed E-state index contributed by atoms with van der Waals surface area (Å²) >= 11 is 0. The fourth-order valence-electron chi connectivity index (χ4n) is 0.344. The monoisotopic (exact) mass is 144 g/mol. The molecule has 0 spiro atoms. The quantitative estimate of drug-likeness (QED) is 0.339. The highest BCUT2D eigenvalue weighted by atomic mass is 16.5. The number of rotatable bonds is 0. The van der Waals surface area contributed by atoms with Gasteiger partial charge in [-0.3, -0.25) is 0 Å². The smallest absolute Gasteiger partial charge is 0.402 e. The van der Waals surface area contributed by atoms with E-state index in [-0.39, 0.29) is 0 Å². The lowest BCUT2D eigenvalue weighted by molar-refractivity contribution is 0.278. The maximum absolute atomic E-state index is 7.17. The fourth-order valence-corrected chi connectivity index (χ4v) is 0.344. The number of hydrogen-bond donors (Lipinski definition) is 4. The lowest BCUT2D eigenvalue weighted by Crippen LogP contribution is -2.07. The Balaban J connectivity index is 0.000000180. The van der Waals surface area contributed by atoms with Crippen molar-refractivity contribution >= 4 is 7.32 Å². The molecule has 0 aliphatic heterocycles. The average molecular weight is 144 g/mol. The Morgan fingerprint density at radius 1 is 1.50 bits per heavy atom. The number of aromatic amines is 1. The molecule has 0 unspecified atom stereocenters. The molecule has 0 aliphatic carbocycles. The molecule has 1 rings (SSSR count). The zero-order valence-corrected chi connectivity index (χ0v) is 5.52. The molecule has 4 N–H and O–H groups in total. The van der Waals surface area contributed by atoms with Crippen LogP contribution in [0.1, 0.15) is 5.82 Å². The van der Waals surface area contributed by atoms with Gasteiger partial charge in [0.2, 0.25) is 0 Å². The van der Waals surface area contributed by atoms with Crippen LogP contribution in [0.15, 0.2) is 12.4 Å². The summed E-state index contributed by atoms with van der Waals surface area (Å²) in [6.45, 7) is 1.92. The minimum atomic E-state index is -2.17. The zero-order valence-electron chi connectivity index (χ0n) is 5.52. The van der Waals surface area contributed by atoms with Gasteiger partial charge in [0.15, 0.2) is 0 Å². The van der Waals surface area contributed by atoms with E-state index in [0.717, 1.165) is 5.82 Å². The summed E-state index contributed by atoms with van der Waals surface area (Å²) in [5.41, 5.74) is 0. The Hall–Kier alpha value is -0.845. The molecule has 0 bridgehead atoms. The molecule has 0 radical (unpaired) electrons. The second-order valence-electron chi connectivity index (χ2n) is 1.52. The topological polar surface area (TPSA) is 89.4 Å². The van der Waals surface area contributed by atoms with E-state index in [1.165, 1.54) is 0 Å². The van der Waals surface area contributed by atoms with Crippen molar-refractivity contribution in [2.75, 3.05) is 0 Å². The third kappa shape index (κ3) is 7.15. The summed E-state index contributed by atoms with van der Waals surface area (Å²) in [5, 5.41) is 21.5. The van der Waals surface area contributed by atoms with E-state index in [4.69, 9.17) is 15.1 Å². The molecule has 1 aromatic rings. The van der Waals surface area contributed by atoms with Crippen LogP contribution in [0.3, 0.4) is 0 Å². The van der Waals surface area contributed by atoms with Gasteiger partial charge in [-0.1, -0.05) is 0 Å². The lowest BCUT2D eigenvalue weighted by Gasteiger charge is -1.69. The van der Waals surface area contributed by atoms with Gasteiger partial charge < -0.3 is 20.1 Å². The Bertz CT molecular complexity index is 151. The number of hydrogen-bond acceptors (Lipinski definition) is 4. The molecule has 0 aliphatic rings. The Morgan fingerprint density at radius 3 is 2.10 bits per heavy atom. The summed E-state index contributed by atoms with van der Waals surface area (Å²) in [5.74, 6) is 0.968. The molecule has 0 fully saturated rings. The van der Waals surface area contributed by atoms with Gasteiger partial charge in [-0.15, -0.1) is 0 Å². The lowest BCUT2D eigenvalue weighted by atomic mass is 10.3. The van der Waals surface area contributed by atoms with Crippen molar-refractivity contribution in [2.24, 2.45) is 0 Å². The maximum atomic E-state index is 7.17. The van der Waals surface area contributed by atoms with Crippen LogP contribution < -0.4 is 0 Å². The van der Waals surface area contributed by atoms with E-state index in [0.29, 0.717) is 0 Å². The van der Waals surface area contributed by atoms with Crippen molar-refractivity contribution in [1.29, 1.82) is 0 Å². The molecule has 1 heterocycles. The average Bonchev–Trinajstić information content (AvgIpc) is 2.15. The Kier molecular flexibility index (Phi) is 4.56. The van der Waals surface area contributed by atoms with Gasteiger partial charge in [0.1, 0.15) is 5.82 Å². The number of nitrogens with zero attached hydrogens (tertiary/aromatic N) is 1. The number of aryl methyl sites for hydroxylation is 1. The third-order valence-corrected chi connectivity index (χ3v) is 0.635. The van der Waals surface area contributed by atoms with Crippen molar-refractivity contribution in [3.63, 3.8) is 0 Å². The number of nitrogens with one attached hydrogen (secondary N) is 1. The predicted octanol–water partition coefficient (Wildman–Crippen LogP) is -1.33. The summed E-state index contributed by atoms with van der Waals surface area (Å²) < 4.78 is 0. The number of H-pyrrole nitrogens is 1. The third-order valence-electron chi connectivity index (χ3n) is 0.635. The fraction of sp³-hybridized carbons (Fsp3) is 0.250. The highest BCUT2D eigenvalue weighted by Gasteiger charge is 1.92. The molecule has 0 atom stereocenters. The molecule has 56 valence electrons. The summed E-state index contributed by atoms with van der Waals surface area (Å²) in [7, 11) is -2.17. The van der Waals surface area contributed by atoms with E-state index in [1.807, 2.05) is 6.92 Å². The molecule has 0 saturated carbocycles. The molecule has 1 aromatic heterocycles. The molecular weight excluding hydrogens is 135 g/mol. The molecule has 0 saturated heterocycles. The van der Waals surface area contributed by atoms with Crippen molar-refractivity contribution < 1.29 is 15.1 Å². The van der Waals surface area contributed by atoms with Gasteiger partial charge in [0.25, 0.3) is 0 Å². The van der Waals surface area contributed by atoms with Crippen molar-refractivity contribution in [2.45, 2.75) is 6.92 Å². The molecule has 0 amide bonds. The van der Waals surface area contributed by atoms with Crippen LogP contribution in [-0.2, 0) is 0 Å². The second-order valence-corrected chi connectivity index (χ2v) is 1.52. The van der Waals surface area contributed by atoms with Crippen molar-refractivity contribution in [1.82, 2.24) is 9.97 Å². The molecule has 0 aromatic carbocycles. The SMILES string of the molecule is Cc1ncc[nH]1.OB(O)O. The Labute approximate surface area is 58.5 Å². The minimum absolute atomic E-state index is 0.968. The van der Waals surface area contributed by atoms with Crippen LogP contribution in [-0.4, -0.2) is 32.4 Å². The molecule has 5 nitrogen and oxygen atoms in total. The highest BCUT2D eigenvalue weighted by molar-refractivity contribution is 6.30. The molecule has 6 heteroatoms. The summed E-state index contributed by atoms with van der Waals surface area (Å²) in [4.78, 5) is 6.75. The first-order valence-electron chi connectivity index (χ1n) is 2.63. The van der Waals surface area contributed by atoms with Crippen LogP contribution >= 0.6 is 0 Å². The number of aromatic nitrogens is 2. The highest BCUT2D eigenvalue weighted by Crippen LogP contribution is 1.78. The van der Waals surface area contributed by atoms with Gasteiger partial charge in [-0.25, -0.2) is 4.98 Å². The molecule has 10 heavy (non-hydrogen) atoms. The first-order valence-corrected chi connectivity index (χ1v) is 2.63. The minimum Gasteiger partial charge on any atom is -0.402 e. The van der Waals surface area contributed by atoms with Crippen LogP contribution in [0.4, 0.5) is 0 Å². The van der Waals surface area contributed by atoms with Gasteiger partial charge in [-0.05, 0) is 6.92 Å². The van der Waals surface area contributed by atoms with Gasteiger partial charge in [0.05, 0.1) is 0 Å². The largest absolute Gasteiger partial charge is 0.631 e. The zero-order chi connectivity index (χ0) is 7.98. The van der Waals surface area contributed by atoms with Crippen LogP contribution in [0.25, 0.3) is 0 Å². The van der Waals surface area contributed by atoms with Crippen molar-refractivity contribution in [3.05, 3.63) is 18.2 Å². The normalized spacial score (nSPS) is 8.00. The van der Waals surface area contributed by atoms with Crippen LogP contribution in [0, 0.1) is 6.92 Å². The van der Waals surface area contributed by atoms with Crippen molar-refractivity contribution in [3.8, 4) is 0 Å². The van der Waals surface area contributed by atoms with Crippen LogP contribution in [0.5, 0.6) is 0 Å². The maximum Gasteiger partial charge on any atom is 0.631 e. The first-order chi connectivity index (χ1) is 4.63. The summed E-state index contributed by atoms with van der Waals surface area (Å²) in [6.07, 6.45) is 3.53. The van der Waals surface area contributed by atoms with Gasteiger partial charge >= 0.3 is 7.32 Å². The van der Waals surface area contributed by atoms with E-state index < -0.39 is 7.32 Å². The van der Waals surface area contributed by atoms with E-state index in [1.54, 1.807) is 12.4 Å². The molecular formula is C4H9BN2O3. The second kappa shape index (κ2) is 4.98. The first kappa shape index (κ1) is 9.15. The predicted molar refractivity (Wildman–Crippen MR) is 35.7 cm³/mol. The van der Waals surface area contributed by atoms with Gasteiger partial charge in [-0.2, -0.15) is 0 Å². The van der Waals surface area contributed by atoms with E-state index in [2.05, 4.69) is 9.97 Å². The summed E-state index contributed by atoms with van der Waals surface area (Å²) in [6, 6.07) is 0. The van der Waals surface area contributed by atoms with Crippen LogP contribution in [0.2, 0.25) is 0 Å². The van der Waals surface area contributed by atoms with Gasteiger partial charge in [0, 0.05) is 12.4 Å². The number of imidazole rings is 1.